The van der Waals surface area contributed by atoms with Gasteiger partial charge in [0.15, 0.2) is 5.69 Å². The summed E-state index contributed by atoms with van der Waals surface area (Å²) in [5, 5.41) is 0. The monoisotopic (exact) mass is 221 g/mol. The third-order valence-corrected chi connectivity index (χ3v) is 4.23. The summed E-state index contributed by atoms with van der Waals surface area (Å²) < 4.78 is 0. The summed E-state index contributed by atoms with van der Waals surface area (Å²) >= 11 is 2.06. The van der Waals surface area contributed by atoms with Crippen molar-refractivity contribution in [2.24, 2.45) is 0 Å². The summed E-state index contributed by atoms with van der Waals surface area (Å²) in [5.74, 6) is 2.54. The molecular weight excluding hydrogens is 202 g/mol. The zero-order valence-electron chi connectivity index (χ0n) is 9.84. The zero-order valence-corrected chi connectivity index (χ0v) is 10.7. The molecule has 1 fully saturated rings. The van der Waals surface area contributed by atoms with Gasteiger partial charge in [0.2, 0.25) is 0 Å². The van der Waals surface area contributed by atoms with Crippen LogP contribution in [0.3, 0.4) is 0 Å². The fourth-order valence-corrected chi connectivity index (χ4v) is 2.92. The number of anilines is 1. The zero-order chi connectivity index (χ0) is 10.8. The molecule has 0 N–H and O–H groups in total. The maximum atomic E-state index is 2.51. The molecule has 1 radical (unpaired) electrons. The normalized spacial score (nSPS) is 18.1. The number of hydrogen-bond donors (Lipinski definition) is 0. The van der Waals surface area contributed by atoms with E-state index in [-0.39, 0.29) is 0 Å². The van der Waals surface area contributed by atoms with Crippen molar-refractivity contribution in [3.8, 4) is 0 Å². The highest BCUT2D eigenvalue weighted by Gasteiger charge is 2.22. The Hall–Kier alpha value is -0.470. The molecule has 1 aromatic carbocycles. The van der Waals surface area contributed by atoms with E-state index in [1.165, 1.54) is 47.0 Å². The first-order valence-electron chi connectivity index (χ1n) is 5.59. The summed E-state index contributed by atoms with van der Waals surface area (Å²) in [7, 11) is 0. The Balaban J connectivity index is 2.27. The molecule has 1 nitrogen and oxygen atoms in total. The molecule has 81 valence electrons. The van der Waals surface area contributed by atoms with E-state index in [1.807, 2.05) is 0 Å². The number of rotatable bonds is 1. The maximum Gasteiger partial charge on any atom is 0.181 e. The Morgan fingerprint density at radius 3 is 2.07 bits per heavy atom. The molecule has 0 saturated carbocycles. The van der Waals surface area contributed by atoms with Gasteiger partial charge in [0.1, 0.15) is 13.1 Å². The van der Waals surface area contributed by atoms with E-state index >= 15 is 0 Å². The van der Waals surface area contributed by atoms with E-state index < -0.39 is 0 Å². The molecule has 0 atom stereocenters. The molecule has 1 saturated heterocycles. The minimum atomic E-state index is 1.20. The van der Waals surface area contributed by atoms with Gasteiger partial charge < -0.3 is 0 Å². The van der Waals surface area contributed by atoms with Crippen molar-refractivity contribution in [2.45, 2.75) is 20.8 Å². The van der Waals surface area contributed by atoms with Gasteiger partial charge in [-0.3, -0.25) is 0 Å². The van der Waals surface area contributed by atoms with Crippen molar-refractivity contribution in [2.75, 3.05) is 24.6 Å². The van der Waals surface area contributed by atoms with Gasteiger partial charge in [0, 0.05) is 23.6 Å². The third-order valence-electron chi connectivity index (χ3n) is 3.29. The van der Waals surface area contributed by atoms with Crippen LogP contribution in [0.4, 0.5) is 5.69 Å². The van der Waals surface area contributed by atoms with Crippen molar-refractivity contribution >= 4 is 17.4 Å². The molecule has 1 aromatic rings. The van der Waals surface area contributed by atoms with Crippen molar-refractivity contribution in [3.05, 3.63) is 28.8 Å². The summed E-state index contributed by atoms with van der Waals surface area (Å²) in [5.41, 5.74) is 5.69. The van der Waals surface area contributed by atoms with Gasteiger partial charge >= 0.3 is 0 Å². The lowest BCUT2D eigenvalue weighted by Gasteiger charge is -2.17. The molecule has 15 heavy (non-hydrogen) atoms. The number of thioether (sulfide) groups is 1. The lowest BCUT2D eigenvalue weighted by atomic mass is 10.0. The fraction of sp³-hybridized carbons (Fsp3) is 0.538. The quantitative estimate of drug-likeness (QED) is 0.660. The summed E-state index contributed by atoms with van der Waals surface area (Å²) in [6.07, 6.45) is 0. The maximum absolute atomic E-state index is 2.51. The van der Waals surface area contributed by atoms with E-state index in [0.29, 0.717) is 0 Å². The van der Waals surface area contributed by atoms with Crippen LogP contribution in [-0.2, 0) is 0 Å². The molecule has 1 aliphatic rings. The number of hydrogen-bond acceptors (Lipinski definition) is 2. The molecule has 2 rings (SSSR count). The molecule has 0 unspecified atom stereocenters. The van der Waals surface area contributed by atoms with Crippen LogP contribution < -0.4 is 4.90 Å². The highest BCUT2D eigenvalue weighted by Crippen LogP contribution is 2.24. The molecule has 0 bridgehead atoms. The SMILES string of the molecule is Cc1cc([N+]2CCSCC2)cc(C)c1C. The Morgan fingerprint density at radius 2 is 1.53 bits per heavy atom. The van der Waals surface area contributed by atoms with Crippen LogP contribution in [0.5, 0.6) is 0 Å². The predicted octanol–water partition coefficient (Wildman–Crippen LogP) is 3.13. The first kappa shape index (κ1) is 11.0. The first-order chi connectivity index (χ1) is 7.18. The third kappa shape index (κ3) is 2.37. The lowest BCUT2D eigenvalue weighted by Crippen LogP contribution is -2.33. The van der Waals surface area contributed by atoms with Crippen molar-refractivity contribution in [1.82, 2.24) is 4.90 Å². The molecule has 1 aliphatic heterocycles. The van der Waals surface area contributed by atoms with Crippen LogP contribution in [0.1, 0.15) is 16.7 Å². The Labute approximate surface area is 96.9 Å². The second kappa shape index (κ2) is 4.58. The Morgan fingerprint density at radius 1 is 1.00 bits per heavy atom. The van der Waals surface area contributed by atoms with Crippen LogP contribution in [0.15, 0.2) is 12.1 Å². The number of aryl methyl sites for hydroxylation is 2. The van der Waals surface area contributed by atoms with Gasteiger partial charge in [-0.1, -0.05) is 0 Å². The van der Waals surface area contributed by atoms with Gasteiger partial charge in [-0.25, -0.2) is 0 Å². The lowest BCUT2D eigenvalue weighted by molar-refractivity contribution is 0.579. The van der Waals surface area contributed by atoms with Gasteiger partial charge in [-0.2, -0.15) is 0 Å². The van der Waals surface area contributed by atoms with Gasteiger partial charge in [0.05, 0.1) is 0 Å². The minimum Gasteiger partial charge on any atom is -0.150 e. The molecule has 0 aromatic heterocycles. The molecule has 0 amide bonds. The molecular formula is C13H19NS+. The minimum absolute atomic E-state index is 1.20. The predicted molar refractivity (Wildman–Crippen MR) is 69.5 cm³/mol. The Bertz CT molecular complexity index is 331. The topological polar surface area (TPSA) is 5.90 Å². The van der Waals surface area contributed by atoms with Gasteiger partial charge in [0.25, 0.3) is 0 Å². The average Bonchev–Trinajstić information content (AvgIpc) is 2.26. The van der Waals surface area contributed by atoms with Crippen LogP contribution in [-0.4, -0.2) is 24.6 Å². The second-order valence-electron chi connectivity index (χ2n) is 4.30. The highest BCUT2D eigenvalue weighted by molar-refractivity contribution is 7.99. The molecule has 1 heterocycles. The molecule has 0 spiro atoms. The largest absolute Gasteiger partial charge is 0.181 e. The van der Waals surface area contributed by atoms with E-state index in [0.717, 1.165) is 0 Å². The molecule has 0 aliphatic carbocycles. The Kier molecular flexibility index (Phi) is 3.37. The number of nitrogens with zero attached hydrogens (tertiary/aromatic N) is 1. The van der Waals surface area contributed by atoms with Gasteiger partial charge in [-0.15, -0.1) is 16.7 Å². The van der Waals surface area contributed by atoms with Crippen LogP contribution in [0.2, 0.25) is 0 Å². The summed E-state index contributed by atoms with van der Waals surface area (Å²) in [6.45, 7) is 9.04. The average molecular weight is 221 g/mol. The van der Waals surface area contributed by atoms with Crippen molar-refractivity contribution in [3.63, 3.8) is 0 Å². The van der Waals surface area contributed by atoms with Crippen molar-refractivity contribution < 1.29 is 0 Å². The smallest absolute Gasteiger partial charge is 0.150 e. The van der Waals surface area contributed by atoms with E-state index in [4.69, 9.17) is 0 Å². The van der Waals surface area contributed by atoms with Crippen LogP contribution in [0, 0.1) is 20.8 Å². The fourth-order valence-electron chi connectivity index (χ4n) is 2.02. The highest BCUT2D eigenvalue weighted by atomic mass is 32.2. The second-order valence-corrected chi connectivity index (χ2v) is 5.53. The van der Waals surface area contributed by atoms with E-state index in [9.17, 15) is 0 Å². The summed E-state index contributed by atoms with van der Waals surface area (Å²) in [4.78, 5) is 2.51. The van der Waals surface area contributed by atoms with Crippen LogP contribution in [0.25, 0.3) is 0 Å². The van der Waals surface area contributed by atoms with E-state index in [1.54, 1.807) is 0 Å². The standard InChI is InChI=1S/C13H19NS/c1-10-8-13(9-11(2)12(10)3)14-4-6-15-7-5-14/h8-9H,4-7H2,1-3H3/q+1. The number of benzene rings is 1. The molecule has 2 heteroatoms. The van der Waals surface area contributed by atoms with Crippen LogP contribution >= 0.6 is 11.8 Å². The van der Waals surface area contributed by atoms with Crippen molar-refractivity contribution in [1.29, 1.82) is 0 Å². The van der Waals surface area contributed by atoms with Gasteiger partial charge in [-0.05, 0) is 37.5 Å². The van der Waals surface area contributed by atoms with E-state index in [2.05, 4.69) is 49.6 Å². The summed E-state index contributed by atoms with van der Waals surface area (Å²) in [6, 6.07) is 4.66. The first-order valence-corrected chi connectivity index (χ1v) is 6.74.